The van der Waals surface area contributed by atoms with Crippen molar-refractivity contribution in [2.75, 3.05) is 23.7 Å². The molecule has 0 heterocycles. The van der Waals surface area contributed by atoms with Gasteiger partial charge in [-0.05, 0) is 31.4 Å². The van der Waals surface area contributed by atoms with E-state index in [1.807, 2.05) is 38.1 Å². The van der Waals surface area contributed by atoms with Crippen molar-refractivity contribution < 1.29 is 22.9 Å². The van der Waals surface area contributed by atoms with Crippen LogP contribution >= 0.6 is 0 Å². The van der Waals surface area contributed by atoms with Gasteiger partial charge in [-0.3, -0.25) is 24.0 Å². The van der Waals surface area contributed by atoms with Crippen molar-refractivity contribution in [3.63, 3.8) is 0 Å². The van der Waals surface area contributed by atoms with E-state index in [0.717, 1.165) is 40.6 Å². The molecule has 1 atom stereocenters. The Kier molecular flexibility index (Phi) is 10.4. The summed E-state index contributed by atoms with van der Waals surface area (Å²) < 4.78 is 26.1. The van der Waals surface area contributed by atoms with Crippen LogP contribution in [0.1, 0.15) is 44.2 Å². The van der Waals surface area contributed by atoms with Gasteiger partial charge in [0.05, 0.1) is 16.9 Å². The van der Waals surface area contributed by atoms with Gasteiger partial charge in [0.25, 0.3) is 5.69 Å². The summed E-state index contributed by atoms with van der Waals surface area (Å²) in [6, 6.07) is 11.8. The van der Waals surface area contributed by atoms with Crippen molar-refractivity contribution in [1.29, 1.82) is 0 Å². The van der Waals surface area contributed by atoms with Crippen LogP contribution in [0, 0.1) is 17.0 Å². The minimum atomic E-state index is -3.98. The van der Waals surface area contributed by atoms with Crippen LogP contribution in [0.3, 0.4) is 0 Å². The summed E-state index contributed by atoms with van der Waals surface area (Å²) in [5.74, 6) is -0.904. The zero-order chi connectivity index (χ0) is 26.9. The van der Waals surface area contributed by atoms with Crippen molar-refractivity contribution in [1.82, 2.24) is 10.2 Å². The minimum absolute atomic E-state index is 0.00370. The van der Waals surface area contributed by atoms with Crippen molar-refractivity contribution in [3.8, 4) is 0 Å². The minimum Gasteiger partial charge on any atom is -0.354 e. The molecule has 36 heavy (non-hydrogen) atoms. The third-order valence-electron chi connectivity index (χ3n) is 5.66. The maximum Gasteiger partial charge on any atom is 0.271 e. The average molecular weight is 519 g/mol. The number of carbonyl (C=O) groups is 2. The summed E-state index contributed by atoms with van der Waals surface area (Å²) in [4.78, 5) is 38.6. The number of aryl methyl sites for hydroxylation is 1. The number of non-ortho nitro benzene ring substituents is 1. The van der Waals surface area contributed by atoms with E-state index in [2.05, 4.69) is 5.32 Å². The van der Waals surface area contributed by atoms with Gasteiger partial charge in [-0.15, -0.1) is 0 Å². The maximum absolute atomic E-state index is 13.6. The Hall–Kier alpha value is -3.47. The number of benzene rings is 2. The first-order valence-corrected chi connectivity index (χ1v) is 13.7. The first kappa shape index (κ1) is 28.8. The molecule has 0 aliphatic heterocycles. The molecule has 0 radical (unpaired) electrons. The van der Waals surface area contributed by atoms with Crippen LogP contribution < -0.4 is 9.62 Å². The number of nitro groups is 1. The molecule has 2 rings (SSSR count). The van der Waals surface area contributed by atoms with Crippen LogP contribution in [0.2, 0.25) is 0 Å². The lowest BCUT2D eigenvalue weighted by molar-refractivity contribution is -0.384. The summed E-state index contributed by atoms with van der Waals surface area (Å²) in [6.45, 7) is 5.68. The SMILES string of the molecule is CCCCNC(=O)[C@H](CC)N(Cc1cccc(C)c1)C(=O)CN(c1cccc([N+](=O)[O-])c1)S(C)(=O)=O. The fraction of sp³-hybridized carbons (Fsp3) is 0.440. The standard InChI is InChI=1S/C25H34N4O6S/c1-5-7-14-26-25(31)23(6-2)27(17-20-11-8-10-19(3)15-20)24(30)18-28(36(4,34)35)21-12-9-13-22(16-21)29(32)33/h8-13,15-16,23H,5-7,14,17-18H2,1-4H3,(H,26,31)/t23-/m0/s1. The number of anilines is 1. The highest BCUT2D eigenvalue weighted by Crippen LogP contribution is 2.24. The van der Waals surface area contributed by atoms with Crippen LogP contribution in [0.5, 0.6) is 0 Å². The second kappa shape index (κ2) is 13.0. The van der Waals surface area contributed by atoms with E-state index in [9.17, 15) is 28.1 Å². The topological polar surface area (TPSA) is 130 Å². The molecular weight excluding hydrogens is 484 g/mol. The molecule has 0 aliphatic carbocycles. The number of amides is 2. The van der Waals surface area contributed by atoms with E-state index < -0.39 is 33.4 Å². The van der Waals surface area contributed by atoms with Gasteiger partial charge in [0, 0.05) is 25.2 Å². The Morgan fingerprint density at radius 1 is 1.11 bits per heavy atom. The molecule has 0 spiro atoms. The molecule has 1 N–H and O–H groups in total. The van der Waals surface area contributed by atoms with Gasteiger partial charge in [0.2, 0.25) is 21.8 Å². The quantitative estimate of drug-likeness (QED) is 0.246. The molecule has 0 aliphatic rings. The monoisotopic (exact) mass is 518 g/mol. The molecule has 10 nitrogen and oxygen atoms in total. The largest absolute Gasteiger partial charge is 0.354 e. The smallest absolute Gasteiger partial charge is 0.271 e. The molecule has 0 aromatic heterocycles. The van der Waals surface area contributed by atoms with Gasteiger partial charge in [-0.25, -0.2) is 8.42 Å². The van der Waals surface area contributed by atoms with Gasteiger partial charge < -0.3 is 10.2 Å². The molecule has 2 amide bonds. The number of hydrogen-bond donors (Lipinski definition) is 1. The number of nitrogens with zero attached hydrogens (tertiary/aromatic N) is 3. The van der Waals surface area contributed by atoms with Crippen molar-refractivity contribution in [3.05, 3.63) is 69.8 Å². The van der Waals surface area contributed by atoms with Gasteiger partial charge in [0.15, 0.2) is 0 Å². The molecule has 0 saturated carbocycles. The van der Waals surface area contributed by atoms with Crippen LogP contribution in [0.4, 0.5) is 11.4 Å². The molecular formula is C25H34N4O6S. The van der Waals surface area contributed by atoms with E-state index in [1.165, 1.54) is 23.1 Å². The Morgan fingerprint density at radius 3 is 2.39 bits per heavy atom. The molecule has 2 aromatic carbocycles. The summed E-state index contributed by atoms with van der Waals surface area (Å²) in [6.07, 6.45) is 2.95. The van der Waals surface area contributed by atoms with E-state index >= 15 is 0 Å². The number of unbranched alkanes of at least 4 members (excludes halogenated alkanes) is 1. The fourth-order valence-corrected chi connectivity index (χ4v) is 4.65. The summed E-state index contributed by atoms with van der Waals surface area (Å²) in [5.41, 5.74) is 1.47. The Labute approximate surface area is 212 Å². The third kappa shape index (κ3) is 8.04. The molecule has 2 aromatic rings. The third-order valence-corrected chi connectivity index (χ3v) is 6.80. The number of nitrogens with one attached hydrogen (secondary N) is 1. The number of carbonyl (C=O) groups excluding carboxylic acids is 2. The number of hydrogen-bond acceptors (Lipinski definition) is 6. The van der Waals surface area contributed by atoms with E-state index in [1.54, 1.807) is 6.92 Å². The average Bonchev–Trinajstić information content (AvgIpc) is 2.81. The lowest BCUT2D eigenvalue weighted by Gasteiger charge is -2.33. The number of nitro benzene ring substituents is 1. The second-order valence-corrected chi connectivity index (χ2v) is 10.5. The first-order chi connectivity index (χ1) is 17.0. The van der Waals surface area contributed by atoms with E-state index in [4.69, 9.17) is 0 Å². The zero-order valence-corrected chi connectivity index (χ0v) is 22.0. The molecule has 0 bridgehead atoms. The highest BCUT2D eigenvalue weighted by molar-refractivity contribution is 7.92. The normalized spacial score (nSPS) is 12.0. The van der Waals surface area contributed by atoms with Crippen LogP contribution in [0.15, 0.2) is 48.5 Å². The Balaban J connectivity index is 2.44. The van der Waals surface area contributed by atoms with Gasteiger partial charge >= 0.3 is 0 Å². The van der Waals surface area contributed by atoms with Gasteiger partial charge in [0.1, 0.15) is 12.6 Å². The second-order valence-electron chi connectivity index (χ2n) is 8.63. The summed E-state index contributed by atoms with van der Waals surface area (Å²) in [5, 5.41) is 14.1. The zero-order valence-electron chi connectivity index (χ0n) is 21.1. The van der Waals surface area contributed by atoms with E-state index in [0.29, 0.717) is 13.0 Å². The highest BCUT2D eigenvalue weighted by Gasteiger charge is 2.32. The first-order valence-electron chi connectivity index (χ1n) is 11.8. The summed E-state index contributed by atoms with van der Waals surface area (Å²) >= 11 is 0. The predicted octanol–water partition coefficient (Wildman–Crippen LogP) is 3.39. The lowest BCUT2D eigenvalue weighted by atomic mass is 10.1. The maximum atomic E-state index is 13.6. The van der Waals surface area contributed by atoms with Crippen LogP contribution in [-0.4, -0.2) is 55.4 Å². The van der Waals surface area contributed by atoms with Gasteiger partial charge in [-0.2, -0.15) is 0 Å². The predicted molar refractivity (Wildman–Crippen MR) is 139 cm³/mol. The highest BCUT2D eigenvalue weighted by atomic mass is 32.2. The molecule has 11 heteroatoms. The van der Waals surface area contributed by atoms with Crippen molar-refractivity contribution in [2.45, 2.75) is 52.6 Å². The van der Waals surface area contributed by atoms with Crippen LogP contribution in [0.25, 0.3) is 0 Å². The van der Waals surface area contributed by atoms with Crippen LogP contribution in [-0.2, 0) is 26.2 Å². The fourth-order valence-electron chi connectivity index (χ4n) is 3.81. The Morgan fingerprint density at radius 2 is 1.81 bits per heavy atom. The van der Waals surface area contributed by atoms with Crippen molar-refractivity contribution in [2.24, 2.45) is 0 Å². The van der Waals surface area contributed by atoms with Crippen molar-refractivity contribution >= 4 is 33.2 Å². The lowest BCUT2D eigenvalue weighted by Crippen LogP contribution is -2.52. The molecule has 0 saturated heterocycles. The molecule has 0 unspecified atom stereocenters. The van der Waals surface area contributed by atoms with Gasteiger partial charge in [-0.1, -0.05) is 56.2 Å². The summed E-state index contributed by atoms with van der Waals surface area (Å²) in [7, 11) is -3.98. The number of sulfonamides is 1. The Bertz CT molecular complexity index is 1180. The number of rotatable bonds is 13. The molecule has 196 valence electrons. The molecule has 0 fully saturated rings. The van der Waals surface area contributed by atoms with E-state index in [-0.39, 0.29) is 23.8 Å².